The SMILES string of the molecule is CCOc1ccccc1N(CC(=O)NC(c1ccccc1)c1ccccc1)S(=O)(=O)c1ccc(Cl)cc1. The Kier molecular flexibility index (Phi) is 8.48. The second kappa shape index (κ2) is 12.0. The van der Waals surface area contributed by atoms with Gasteiger partial charge in [-0.15, -0.1) is 0 Å². The molecule has 190 valence electrons. The molecule has 0 aromatic heterocycles. The van der Waals surface area contributed by atoms with Crippen molar-refractivity contribution < 1.29 is 17.9 Å². The van der Waals surface area contributed by atoms with Crippen LogP contribution in [0.2, 0.25) is 5.02 Å². The fourth-order valence-corrected chi connectivity index (χ4v) is 5.52. The van der Waals surface area contributed by atoms with Crippen molar-refractivity contribution in [2.45, 2.75) is 17.9 Å². The van der Waals surface area contributed by atoms with Gasteiger partial charge in [-0.3, -0.25) is 9.10 Å². The Morgan fingerprint density at radius 3 is 1.95 bits per heavy atom. The lowest BCUT2D eigenvalue weighted by Crippen LogP contribution is -2.42. The molecule has 0 aliphatic rings. The fourth-order valence-electron chi connectivity index (χ4n) is 3.96. The normalized spacial score (nSPS) is 11.2. The molecule has 8 heteroatoms. The van der Waals surface area contributed by atoms with Gasteiger partial charge < -0.3 is 10.1 Å². The standard InChI is InChI=1S/C29H27ClN2O4S/c1-2-36-27-16-10-9-15-26(27)32(37(34,35)25-19-17-24(30)18-20-25)21-28(33)31-29(22-11-5-3-6-12-22)23-13-7-4-8-14-23/h3-20,29H,2,21H2,1H3,(H,31,33). The first-order valence-electron chi connectivity index (χ1n) is 11.8. The van der Waals surface area contributed by atoms with Crippen LogP contribution in [-0.4, -0.2) is 27.5 Å². The molecule has 4 rings (SSSR count). The minimum Gasteiger partial charge on any atom is -0.492 e. The molecule has 0 saturated heterocycles. The molecule has 0 fully saturated rings. The van der Waals surface area contributed by atoms with E-state index in [1.54, 1.807) is 24.3 Å². The molecule has 0 unspecified atom stereocenters. The number of carbonyl (C=O) groups excluding carboxylic acids is 1. The summed E-state index contributed by atoms with van der Waals surface area (Å²) in [5, 5.41) is 3.44. The molecule has 4 aromatic rings. The third-order valence-electron chi connectivity index (χ3n) is 5.69. The molecule has 4 aromatic carbocycles. The molecule has 0 aliphatic carbocycles. The predicted octanol–water partition coefficient (Wildman–Crippen LogP) is 5.84. The first kappa shape index (κ1) is 26.3. The van der Waals surface area contributed by atoms with Crippen molar-refractivity contribution in [2.75, 3.05) is 17.5 Å². The lowest BCUT2D eigenvalue weighted by Gasteiger charge is -2.27. The number of rotatable bonds is 10. The molecule has 0 saturated carbocycles. The van der Waals surface area contributed by atoms with Gasteiger partial charge in [0.1, 0.15) is 12.3 Å². The number of hydrogen-bond acceptors (Lipinski definition) is 4. The molecule has 0 atom stereocenters. The number of anilines is 1. The Labute approximate surface area is 222 Å². The highest BCUT2D eigenvalue weighted by Gasteiger charge is 2.30. The molecule has 37 heavy (non-hydrogen) atoms. The maximum absolute atomic E-state index is 13.8. The third-order valence-corrected chi connectivity index (χ3v) is 7.72. The summed E-state index contributed by atoms with van der Waals surface area (Å²) in [5.74, 6) is -0.112. The van der Waals surface area contributed by atoms with E-state index < -0.39 is 28.5 Å². The summed E-state index contributed by atoms with van der Waals surface area (Å²) in [6.45, 7) is 1.69. The van der Waals surface area contributed by atoms with E-state index in [1.807, 2.05) is 67.6 Å². The molecule has 0 aliphatic heterocycles. The zero-order valence-electron chi connectivity index (χ0n) is 20.3. The van der Waals surface area contributed by atoms with Crippen LogP contribution in [0, 0.1) is 0 Å². The number of nitrogens with zero attached hydrogens (tertiary/aromatic N) is 1. The first-order chi connectivity index (χ1) is 17.9. The number of hydrogen-bond donors (Lipinski definition) is 1. The number of carbonyl (C=O) groups is 1. The quantitative estimate of drug-likeness (QED) is 0.277. The van der Waals surface area contributed by atoms with Gasteiger partial charge >= 0.3 is 0 Å². The van der Waals surface area contributed by atoms with Gasteiger partial charge in [-0.05, 0) is 54.4 Å². The second-order valence-electron chi connectivity index (χ2n) is 8.19. The van der Waals surface area contributed by atoms with Crippen molar-refractivity contribution in [3.63, 3.8) is 0 Å². The van der Waals surface area contributed by atoms with E-state index in [9.17, 15) is 13.2 Å². The monoisotopic (exact) mass is 534 g/mol. The van der Waals surface area contributed by atoms with E-state index in [0.29, 0.717) is 17.4 Å². The Morgan fingerprint density at radius 2 is 1.38 bits per heavy atom. The van der Waals surface area contributed by atoms with Crippen molar-refractivity contribution in [1.29, 1.82) is 0 Å². The second-order valence-corrected chi connectivity index (χ2v) is 10.5. The van der Waals surface area contributed by atoms with Crippen LogP contribution in [0.25, 0.3) is 0 Å². The van der Waals surface area contributed by atoms with Crippen molar-refractivity contribution >= 4 is 33.2 Å². The molecule has 1 amide bonds. The number of amides is 1. The summed E-state index contributed by atoms with van der Waals surface area (Å²) in [7, 11) is -4.14. The largest absolute Gasteiger partial charge is 0.492 e. The predicted molar refractivity (Wildman–Crippen MR) is 146 cm³/mol. The summed E-state index contributed by atoms with van der Waals surface area (Å²) in [4.78, 5) is 13.5. The van der Waals surface area contributed by atoms with Gasteiger partial charge in [-0.2, -0.15) is 0 Å². The zero-order chi connectivity index (χ0) is 26.3. The van der Waals surface area contributed by atoms with Gasteiger partial charge in [0.15, 0.2) is 0 Å². The summed E-state index contributed by atoms with van der Waals surface area (Å²) >= 11 is 5.99. The van der Waals surface area contributed by atoms with Crippen LogP contribution < -0.4 is 14.4 Å². The summed E-state index contributed by atoms with van der Waals surface area (Å²) < 4.78 is 34.4. The van der Waals surface area contributed by atoms with E-state index in [-0.39, 0.29) is 10.6 Å². The van der Waals surface area contributed by atoms with Crippen LogP contribution in [-0.2, 0) is 14.8 Å². The lowest BCUT2D eigenvalue weighted by atomic mass is 9.99. The minimum atomic E-state index is -4.14. The molecule has 1 N–H and O–H groups in total. The number of benzene rings is 4. The van der Waals surface area contributed by atoms with Crippen molar-refractivity contribution in [2.24, 2.45) is 0 Å². The van der Waals surface area contributed by atoms with Gasteiger partial charge in [0, 0.05) is 5.02 Å². The van der Waals surface area contributed by atoms with Gasteiger partial charge in [0.05, 0.1) is 23.2 Å². The zero-order valence-corrected chi connectivity index (χ0v) is 21.8. The number of ether oxygens (including phenoxy) is 1. The maximum atomic E-state index is 13.8. The van der Waals surface area contributed by atoms with Gasteiger partial charge in [0.25, 0.3) is 10.0 Å². The molecule has 6 nitrogen and oxygen atoms in total. The van der Waals surface area contributed by atoms with Gasteiger partial charge in [0.2, 0.25) is 5.91 Å². The fraction of sp³-hybridized carbons (Fsp3) is 0.138. The molecular formula is C29H27ClN2O4S. The number of para-hydroxylation sites is 2. The van der Waals surface area contributed by atoms with Crippen LogP contribution in [0.15, 0.2) is 114 Å². The van der Waals surface area contributed by atoms with E-state index in [1.165, 1.54) is 24.3 Å². The number of sulfonamides is 1. The molecule has 0 radical (unpaired) electrons. The average Bonchev–Trinajstić information content (AvgIpc) is 2.92. The molecular weight excluding hydrogens is 508 g/mol. The van der Waals surface area contributed by atoms with Gasteiger partial charge in [-0.1, -0.05) is 84.4 Å². The van der Waals surface area contributed by atoms with Crippen LogP contribution in [0.3, 0.4) is 0 Å². The molecule has 0 bridgehead atoms. The van der Waals surface area contributed by atoms with Crippen molar-refractivity contribution in [1.82, 2.24) is 5.32 Å². The van der Waals surface area contributed by atoms with E-state index in [0.717, 1.165) is 15.4 Å². The third kappa shape index (κ3) is 6.31. The van der Waals surface area contributed by atoms with Crippen LogP contribution in [0.5, 0.6) is 5.75 Å². The summed E-state index contributed by atoms with van der Waals surface area (Å²) in [6, 6.07) is 31.2. The average molecular weight is 535 g/mol. The van der Waals surface area contributed by atoms with Gasteiger partial charge in [-0.25, -0.2) is 8.42 Å². The topological polar surface area (TPSA) is 75.7 Å². The lowest BCUT2D eigenvalue weighted by molar-refractivity contribution is -0.120. The van der Waals surface area contributed by atoms with Crippen molar-refractivity contribution in [3.8, 4) is 5.75 Å². The summed E-state index contributed by atoms with van der Waals surface area (Å²) in [6.07, 6.45) is 0. The highest BCUT2D eigenvalue weighted by Crippen LogP contribution is 2.33. The number of halogens is 1. The first-order valence-corrected chi connectivity index (χ1v) is 13.6. The Balaban J connectivity index is 1.72. The Bertz CT molecular complexity index is 1390. The Morgan fingerprint density at radius 1 is 0.838 bits per heavy atom. The highest BCUT2D eigenvalue weighted by molar-refractivity contribution is 7.92. The van der Waals surface area contributed by atoms with E-state index in [4.69, 9.17) is 16.3 Å². The van der Waals surface area contributed by atoms with E-state index in [2.05, 4.69) is 5.32 Å². The van der Waals surface area contributed by atoms with Crippen LogP contribution in [0.1, 0.15) is 24.1 Å². The molecule has 0 heterocycles. The van der Waals surface area contributed by atoms with Crippen LogP contribution >= 0.6 is 11.6 Å². The highest BCUT2D eigenvalue weighted by atomic mass is 35.5. The minimum absolute atomic E-state index is 0.0127. The van der Waals surface area contributed by atoms with Crippen molar-refractivity contribution in [3.05, 3.63) is 125 Å². The molecule has 0 spiro atoms. The summed E-state index contributed by atoms with van der Waals surface area (Å²) in [5.41, 5.74) is 2.03. The smallest absolute Gasteiger partial charge is 0.264 e. The Hall–Kier alpha value is -3.81. The van der Waals surface area contributed by atoms with E-state index >= 15 is 0 Å². The number of nitrogens with one attached hydrogen (secondary N) is 1. The van der Waals surface area contributed by atoms with Crippen LogP contribution in [0.4, 0.5) is 5.69 Å². The maximum Gasteiger partial charge on any atom is 0.264 e.